The van der Waals surface area contributed by atoms with Gasteiger partial charge in [0.2, 0.25) is 0 Å². The maximum atomic E-state index is 13.3. The first-order valence-electron chi connectivity index (χ1n) is 8.43. The van der Waals surface area contributed by atoms with E-state index in [0.717, 1.165) is 23.3 Å². The molecule has 0 aromatic heterocycles. The van der Waals surface area contributed by atoms with Gasteiger partial charge in [0.15, 0.2) is 0 Å². The van der Waals surface area contributed by atoms with Crippen molar-refractivity contribution in [1.29, 1.82) is 5.41 Å². The molecule has 0 spiro atoms. The molecule has 0 atom stereocenters. The highest BCUT2D eigenvalue weighted by Gasteiger charge is 2.34. The van der Waals surface area contributed by atoms with Crippen molar-refractivity contribution in [2.75, 3.05) is 36.1 Å². The molecule has 0 amide bonds. The van der Waals surface area contributed by atoms with Crippen molar-refractivity contribution in [2.24, 2.45) is 0 Å². The summed E-state index contributed by atoms with van der Waals surface area (Å²) in [5, 5.41) is 8.46. The van der Waals surface area contributed by atoms with Crippen LogP contribution < -0.4 is 9.80 Å². The van der Waals surface area contributed by atoms with Crippen LogP contribution >= 0.6 is 0 Å². The summed E-state index contributed by atoms with van der Waals surface area (Å²) in [5.74, 6) is 0.231. The Morgan fingerprint density at radius 2 is 1.69 bits per heavy atom. The van der Waals surface area contributed by atoms with Gasteiger partial charge >= 0.3 is 6.18 Å². The van der Waals surface area contributed by atoms with E-state index in [9.17, 15) is 13.2 Å². The van der Waals surface area contributed by atoms with Crippen LogP contribution in [0.3, 0.4) is 0 Å². The van der Waals surface area contributed by atoms with Crippen LogP contribution in [0.1, 0.15) is 16.7 Å². The minimum Gasteiger partial charge on any atom is -0.378 e. The summed E-state index contributed by atoms with van der Waals surface area (Å²) in [7, 11) is 0. The fourth-order valence-corrected chi connectivity index (χ4v) is 3.48. The molecule has 1 saturated heterocycles. The molecule has 26 heavy (non-hydrogen) atoms. The summed E-state index contributed by atoms with van der Waals surface area (Å²) < 4.78 is 45.2. The SMILES string of the molecule is N=C1c2ccccc2CN1c1cc(C(F)(F)F)ccc1N1CCOCC1. The number of alkyl halides is 3. The predicted octanol–water partition coefficient (Wildman–Crippen LogP) is 3.89. The number of benzene rings is 2. The molecule has 1 fully saturated rings. The summed E-state index contributed by atoms with van der Waals surface area (Å²) in [6, 6.07) is 11.2. The summed E-state index contributed by atoms with van der Waals surface area (Å²) in [6.07, 6.45) is -4.42. The van der Waals surface area contributed by atoms with Gasteiger partial charge < -0.3 is 14.5 Å². The summed E-state index contributed by atoms with van der Waals surface area (Å²) >= 11 is 0. The number of hydrogen-bond acceptors (Lipinski definition) is 3. The Morgan fingerprint density at radius 1 is 0.962 bits per heavy atom. The molecule has 0 aliphatic carbocycles. The number of amidine groups is 1. The highest BCUT2D eigenvalue weighted by molar-refractivity contribution is 6.13. The van der Waals surface area contributed by atoms with E-state index >= 15 is 0 Å². The van der Waals surface area contributed by atoms with Gasteiger partial charge in [-0.15, -0.1) is 0 Å². The van der Waals surface area contributed by atoms with Crippen molar-refractivity contribution in [3.05, 3.63) is 59.2 Å². The zero-order valence-electron chi connectivity index (χ0n) is 14.0. The molecule has 0 unspecified atom stereocenters. The number of nitrogens with one attached hydrogen (secondary N) is 1. The van der Waals surface area contributed by atoms with Gasteiger partial charge in [-0.25, -0.2) is 0 Å². The third-order valence-corrected chi connectivity index (χ3v) is 4.82. The Kier molecular flexibility index (Phi) is 4.11. The molecular weight excluding hydrogens is 343 g/mol. The van der Waals surface area contributed by atoms with Gasteiger partial charge in [-0.05, 0) is 23.8 Å². The minimum atomic E-state index is -4.42. The van der Waals surface area contributed by atoms with E-state index in [1.807, 2.05) is 29.2 Å². The summed E-state index contributed by atoms with van der Waals surface area (Å²) in [6.45, 7) is 2.71. The molecule has 0 bridgehead atoms. The number of nitrogens with zero attached hydrogens (tertiary/aromatic N) is 2. The third kappa shape index (κ3) is 2.92. The van der Waals surface area contributed by atoms with E-state index in [1.165, 1.54) is 6.07 Å². The second-order valence-corrected chi connectivity index (χ2v) is 6.39. The van der Waals surface area contributed by atoms with E-state index in [0.29, 0.717) is 44.2 Å². The largest absolute Gasteiger partial charge is 0.416 e. The van der Waals surface area contributed by atoms with Crippen molar-refractivity contribution < 1.29 is 17.9 Å². The van der Waals surface area contributed by atoms with E-state index in [1.54, 1.807) is 4.90 Å². The van der Waals surface area contributed by atoms with Gasteiger partial charge in [-0.3, -0.25) is 5.41 Å². The van der Waals surface area contributed by atoms with E-state index in [-0.39, 0.29) is 5.84 Å². The summed E-state index contributed by atoms with van der Waals surface area (Å²) in [4.78, 5) is 3.68. The molecule has 4 rings (SSSR count). The van der Waals surface area contributed by atoms with E-state index in [2.05, 4.69) is 0 Å². The monoisotopic (exact) mass is 361 g/mol. The van der Waals surface area contributed by atoms with Gasteiger partial charge in [-0.1, -0.05) is 24.3 Å². The van der Waals surface area contributed by atoms with Crippen LogP contribution in [0.25, 0.3) is 0 Å². The lowest BCUT2D eigenvalue weighted by atomic mass is 10.1. The lowest BCUT2D eigenvalue weighted by Gasteiger charge is -2.33. The highest BCUT2D eigenvalue weighted by Crippen LogP contribution is 2.40. The Morgan fingerprint density at radius 3 is 2.38 bits per heavy atom. The minimum absolute atomic E-state index is 0.231. The molecule has 1 N–H and O–H groups in total. The third-order valence-electron chi connectivity index (χ3n) is 4.82. The van der Waals surface area contributed by atoms with Crippen molar-refractivity contribution in [3.8, 4) is 0 Å². The predicted molar refractivity (Wildman–Crippen MR) is 93.9 cm³/mol. The zero-order valence-corrected chi connectivity index (χ0v) is 14.0. The number of anilines is 2. The van der Waals surface area contributed by atoms with Crippen LogP contribution in [0, 0.1) is 5.41 Å². The second kappa shape index (κ2) is 6.32. The van der Waals surface area contributed by atoms with Crippen LogP contribution in [0.15, 0.2) is 42.5 Å². The van der Waals surface area contributed by atoms with Crippen LogP contribution in [-0.4, -0.2) is 32.1 Å². The first kappa shape index (κ1) is 16.9. The van der Waals surface area contributed by atoms with Crippen molar-refractivity contribution >= 4 is 17.2 Å². The number of rotatable bonds is 2. The van der Waals surface area contributed by atoms with Gasteiger partial charge in [0, 0.05) is 18.7 Å². The lowest BCUT2D eigenvalue weighted by Crippen LogP contribution is -2.37. The van der Waals surface area contributed by atoms with Gasteiger partial charge in [-0.2, -0.15) is 13.2 Å². The number of ether oxygens (including phenoxy) is 1. The Balaban J connectivity index is 1.79. The van der Waals surface area contributed by atoms with E-state index in [4.69, 9.17) is 10.1 Å². The van der Waals surface area contributed by atoms with Crippen LogP contribution in [0.2, 0.25) is 0 Å². The van der Waals surface area contributed by atoms with Crippen LogP contribution in [-0.2, 0) is 17.5 Å². The molecule has 2 heterocycles. The molecule has 2 aromatic rings. The zero-order chi connectivity index (χ0) is 18.3. The molecule has 0 saturated carbocycles. The Bertz CT molecular complexity index is 844. The Labute approximate surface area is 149 Å². The average Bonchev–Trinajstić information content (AvgIpc) is 2.98. The fraction of sp³-hybridized carbons (Fsp3) is 0.316. The molecule has 7 heteroatoms. The molecular formula is C19H18F3N3O. The van der Waals surface area contributed by atoms with Gasteiger partial charge in [0.25, 0.3) is 0 Å². The number of halogens is 3. The number of fused-ring (bicyclic) bond motifs is 1. The molecule has 4 nitrogen and oxygen atoms in total. The molecule has 2 aliphatic rings. The maximum absolute atomic E-state index is 13.3. The highest BCUT2D eigenvalue weighted by atomic mass is 19.4. The number of morpholine rings is 1. The van der Waals surface area contributed by atoms with Crippen LogP contribution in [0.4, 0.5) is 24.5 Å². The molecule has 2 aliphatic heterocycles. The molecule has 2 aromatic carbocycles. The topological polar surface area (TPSA) is 39.6 Å². The van der Waals surface area contributed by atoms with Crippen molar-refractivity contribution in [3.63, 3.8) is 0 Å². The van der Waals surface area contributed by atoms with Gasteiger partial charge in [0.05, 0.1) is 36.7 Å². The van der Waals surface area contributed by atoms with Crippen molar-refractivity contribution in [1.82, 2.24) is 0 Å². The summed E-state index contributed by atoms with van der Waals surface area (Å²) in [5.41, 5.74) is 2.13. The first-order chi connectivity index (χ1) is 12.4. The first-order valence-corrected chi connectivity index (χ1v) is 8.43. The number of hydrogen-bond donors (Lipinski definition) is 1. The van der Waals surface area contributed by atoms with Crippen LogP contribution in [0.5, 0.6) is 0 Å². The van der Waals surface area contributed by atoms with Gasteiger partial charge in [0.1, 0.15) is 5.84 Å². The quantitative estimate of drug-likeness (QED) is 0.882. The normalized spacial score (nSPS) is 17.6. The molecule has 0 radical (unpaired) electrons. The van der Waals surface area contributed by atoms with Crippen molar-refractivity contribution in [2.45, 2.75) is 12.7 Å². The van der Waals surface area contributed by atoms with E-state index < -0.39 is 11.7 Å². The maximum Gasteiger partial charge on any atom is 0.416 e. The average molecular weight is 361 g/mol. The Hall–Kier alpha value is -2.54. The molecule has 136 valence electrons. The standard InChI is InChI=1S/C19H18F3N3O/c20-19(21,22)14-5-6-16(24-7-9-26-10-8-24)17(11-14)25-12-13-3-1-2-4-15(13)18(25)23/h1-6,11,23H,7-10,12H2. The smallest absolute Gasteiger partial charge is 0.378 e. The second-order valence-electron chi connectivity index (χ2n) is 6.39. The lowest BCUT2D eigenvalue weighted by molar-refractivity contribution is -0.137. The fourth-order valence-electron chi connectivity index (χ4n) is 3.48.